The summed E-state index contributed by atoms with van der Waals surface area (Å²) < 4.78 is 5.73. The van der Waals surface area contributed by atoms with Crippen LogP contribution in [0, 0.1) is 0 Å². The van der Waals surface area contributed by atoms with Crippen molar-refractivity contribution in [1.82, 2.24) is 14.8 Å². The van der Waals surface area contributed by atoms with E-state index in [1.807, 2.05) is 54.6 Å². The highest BCUT2D eigenvalue weighted by molar-refractivity contribution is 5.95. The highest BCUT2D eigenvalue weighted by Gasteiger charge is 2.25. The van der Waals surface area contributed by atoms with Crippen molar-refractivity contribution in [1.29, 1.82) is 0 Å². The molecule has 3 aromatic rings. The molecule has 0 aliphatic carbocycles. The highest BCUT2D eigenvalue weighted by Crippen LogP contribution is 2.15. The largest absolute Gasteiger partial charge is 0.489 e. The van der Waals surface area contributed by atoms with E-state index < -0.39 is 0 Å². The number of aromatic amines is 1. The van der Waals surface area contributed by atoms with Crippen LogP contribution in [0.3, 0.4) is 0 Å². The summed E-state index contributed by atoms with van der Waals surface area (Å²) in [6.45, 7) is 2.27. The van der Waals surface area contributed by atoms with E-state index in [4.69, 9.17) is 4.74 Å². The SMILES string of the molecule is O=C(c1ccc(COc2ccccc2)cc1)N1CCN(C(=O)c2ccc(=O)[nH]c2)CC1. The lowest BCUT2D eigenvalue weighted by Gasteiger charge is -2.34. The molecule has 0 bridgehead atoms. The Hall–Kier alpha value is -3.87. The van der Waals surface area contributed by atoms with Gasteiger partial charge in [0.2, 0.25) is 5.56 Å². The van der Waals surface area contributed by atoms with Crippen molar-refractivity contribution in [2.75, 3.05) is 26.2 Å². The predicted octanol–water partition coefficient (Wildman–Crippen LogP) is 2.55. The van der Waals surface area contributed by atoms with Crippen molar-refractivity contribution in [3.8, 4) is 5.75 Å². The fourth-order valence-corrected chi connectivity index (χ4v) is 3.45. The van der Waals surface area contributed by atoms with Crippen molar-refractivity contribution in [2.45, 2.75) is 6.61 Å². The monoisotopic (exact) mass is 417 g/mol. The minimum Gasteiger partial charge on any atom is -0.489 e. The number of carbonyl (C=O) groups excluding carboxylic acids is 2. The summed E-state index contributed by atoms with van der Waals surface area (Å²) in [6, 6.07) is 19.8. The Labute approximate surface area is 179 Å². The molecule has 1 saturated heterocycles. The van der Waals surface area contributed by atoms with Gasteiger partial charge in [0.25, 0.3) is 11.8 Å². The van der Waals surface area contributed by atoms with E-state index in [1.54, 1.807) is 9.80 Å². The molecule has 4 rings (SSSR count). The first-order chi connectivity index (χ1) is 15.1. The molecule has 0 saturated carbocycles. The van der Waals surface area contributed by atoms with Gasteiger partial charge < -0.3 is 19.5 Å². The van der Waals surface area contributed by atoms with Gasteiger partial charge >= 0.3 is 0 Å². The lowest BCUT2D eigenvalue weighted by molar-refractivity contribution is 0.0535. The topological polar surface area (TPSA) is 82.7 Å². The van der Waals surface area contributed by atoms with E-state index in [9.17, 15) is 14.4 Å². The minimum absolute atomic E-state index is 0.0494. The fourth-order valence-electron chi connectivity index (χ4n) is 3.45. The molecule has 0 radical (unpaired) electrons. The molecule has 2 heterocycles. The van der Waals surface area contributed by atoms with Gasteiger partial charge in [-0.1, -0.05) is 30.3 Å². The van der Waals surface area contributed by atoms with Crippen molar-refractivity contribution in [3.05, 3.63) is 100.0 Å². The smallest absolute Gasteiger partial charge is 0.255 e. The van der Waals surface area contributed by atoms with Crippen LogP contribution < -0.4 is 10.3 Å². The Balaban J connectivity index is 1.30. The molecule has 158 valence electrons. The molecule has 0 atom stereocenters. The molecule has 2 aromatic carbocycles. The summed E-state index contributed by atoms with van der Waals surface area (Å²) in [5.74, 6) is 0.606. The maximum atomic E-state index is 12.8. The zero-order valence-corrected chi connectivity index (χ0v) is 17.0. The molecule has 7 nitrogen and oxygen atoms in total. The van der Waals surface area contributed by atoms with Crippen LogP contribution in [0.15, 0.2) is 77.7 Å². The fraction of sp³-hybridized carbons (Fsp3) is 0.208. The number of hydrogen-bond acceptors (Lipinski definition) is 4. The Morgan fingerprint density at radius 3 is 1.94 bits per heavy atom. The maximum absolute atomic E-state index is 12.8. The molecular weight excluding hydrogens is 394 g/mol. The van der Waals surface area contributed by atoms with Crippen LogP contribution in [-0.2, 0) is 6.61 Å². The molecule has 1 aromatic heterocycles. The first-order valence-corrected chi connectivity index (χ1v) is 10.1. The second kappa shape index (κ2) is 9.30. The maximum Gasteiger partial charge on any atom is 0.255 e. The average Bonchev–Trinajstić information content (AvgIpc) is 2.83. The number of hydrogen-bond donors (Lipinski definition) is 1. The summed E-state index contributed by atoms with van der Waals surface area (Å²) in [5.41, 5.74) is 1.79. The van der Waals surface area contributed by atoms with Crippen molar-refractivity contribution < 1.29 is 14.3 Å². The van der Waals surface area contributed by atoms with E-state index in [-0.39, 0.29) is 17.4 Å². The van der Waals surface area contributed by atoms with Crippen LogP contribution in [0.2, 0.25) is 0 Å². The highest BCUT2D eigenvalue weighted by atomic mass is 16.5. The number of H-pyrrole nitrogens is 1. The van der Waals surface area contributed by atoms with Gasteiger partial charge in [-0.3, -0.25) is 14.4 Å². The van der Waals surface area contributed by atoms with E-state index in [1.165, 1.54) is 18.3 Å². The number of aromatic nitrogens is 1. The van der Waals surface area contributed by atoms with Gasteiger partial charge in [0.05, 0.1) is 5.56 Å². The summed E-state index contributed by atoms with van der Waals surface area (Å²) in [6.07, 6.45) is 1.42. The van der Waals surface area contributed by atoms with Gasteiger partial charge in [0.15, 0.2) is 0 Å². The number of amides is 2. The van der Waals surface area contributed by atoms with Crippen LogP contribution in [0.4, 0.5) is 0 Å². The number of carbonyl (C=O) groups is 2. The lowest BCUT2D eigenvalue weighted by atomic mass is 10.1. The number of ether oxygens (including phenoxy) is 1. The van der Waals surface area contributed by atoms with E-state index >= 15 is 0 Å². The first kappa shape index (κ1) is 20.4. The van der Waals surface area contributed by atoms with Gasteiger partial charge in [-0.05, 0) is 35.9 Å². The predicted molar refractivity (Wildman–Crippen MR) is 116 cm³/mol. The third kappa shape index (κ3) is 5.01. The third-order valence-electron chi connectivity index (χ3n) is 5.23. The summed E-state index contributed by atoms with van der Waals surface area (Å²) in [4.78, 5) is 42.5. The number of piperazine rings is 1. The van der Waals surface area contributed by atoms with Crippen LogP contribution >= 0.6 is 0 Å². The molecule has 1 fully saturated rings. The molecular formula is C24H23N3O4. The van der Waals surface area contributed by atoms with Crippen molar-refractivity contribution >= 4 is 11.8 Å². The lowest BCUT2D eigenvalue weighted by Crippen LogP contribution is -2.50. The van der Waals surface area contributed by atoms with Gasteiger partial charge in [0, 0.05) is 44.0 Å². The molecule has 0 spiro atoms. The van der Waals surface area contributed by atoms with E-state index in [2.05, 4.69) is 4.98 Å². The number of para-hydroxylation sites is 1. The number of pyridine rings is 1. The normalized spacial score (nSPS) is 13.7. The van der Waals surface area contributed by atoms with Gasteiger partial charge in [-0.25, -0.2) is 0 Å². The Morgan fingerprint density at radius 1 is 0.774 bits per heavy atom. The minimum atomic E-state index is -0.246. The van der Waals surface area contributed by atoms with E-state index in [0.29, 0.717) is 43.9 Å². The summed E-state index contributed by atoms with van der Waals surface area (Å²) in [5, 5.41) is 0. The van der Waals surface area contributed by atoms with Crippen LogP contribution in [0.1, 0.15) is 26.3 Å². The Kier molecular flexibility index (Phi) is 6.12. The second-order valence-corrected chi connectivity index (χ2v) is 7.32. The second-order valence-electron chi connectivity index (χ2n) is 7.32. The summed E-state index contributed by atoms with van der Waals surface area (Å²) >= 11 is 0. The quantitative estimate of drug-likeness (QED) is 0.692. The molecule has 1 aliphatic heterocycles. The zero-order valence-electron chi connectivity index (χ0n) is 17.0. The number of benzene rings is 2. The van der Waals surface area contributed by atoms with Gasteiger partial charge in [-0.2, -0.15) is 0 Å². The molecule has 1 aliphatic rings. The number of nitrogens with zero attached hydrogens (tertiary/aromatic N) is 2. The van der Waals surface area contributed by atoms with Gasteiger partial charge in [0.1, 0.15) is 12.4 Å². The van der Waals surface area contributed by atoms with Gasteiger partial charge in [-0.15, -0.1) is 0 Å². The van der Waals surface area contributed by atoms with Crippen molar-refractivity contribution in [3.63, 3.8) is 0 Å². The summed E-state index contributed by atoms with van der Waals surface area (Å²) in [7, 11) is 0. The van der Waals surface area contributed by atoms with Crippen LogP contribution in [0.5, 0.6) is 5.75 Å². The average molecular weight is 417 g/mol. The standard InChI is InChI=1S/C24H23N3O4/c28-22-11-10-20(16-25-22)24(30)27-14-12-26(13-15-27)23(29)19-8-6-18(7-9-19)17-31-21-4-2-1-3-5-21/h1-11,16H,12-15,17H2,(H,25,28). The first-order valence-electron chi connectivity index (χ1n) is 10.1. The van der Waals surface area contributed by atoms with Crippen LogP contribution in [-0.4, -0.2) is 52.8 Å². The Morgan fingerprint density at radius 2 is 1.35 bits per heavy atom. The van der Waals surface area contributed by atoms with E-state index in [0.717, 1.165) is 11.3 Å². The third-order valence-corrected chi connectivity index (χ3v) is 5.23. The molecule has 0 unspecified atom stereocenters. The molecule has 7 heteroatoms. The molecule has 31 heavy (non-hydrogen) atoms. The van der Waals surface area contributed by atoms with Crippen LogP contribution in [0.25, 0.3) is 0 Å². The molecule has 1 N–H and O–H groups in total. The van der Waals surface area contributed by atoms with Crippen molar-refractivity contribution in [2.24, 2.45) is 0 Å². The number of rotatable bonds is 5. The Bertz CT molecular complexity index is 1080. The zero-order chi connectivity index (χ0) is 21.6. The molecule has 2 amide bonds. The number of nitrogens with one attached hydrogen (secondary N) is 1.